The molecule has 1 rings (SSSR count). The van der Waals surface area contributed by atoms with Crippen LogP contribution in [0.1, 0.15) is 25.4 Å². The quantitative estimate of drug-likeness (QED) is 0.653. The van der Waals surface area contributed by atoms with E-state index in [-0.39, 0.29) is 0 Å². The lowest BCUT2D eigenvalue weighted by Crippen LogP contribution is -2.18. The van der Waals surface area contributed by atoms with E-state index in [2.05, 4.69) is 9.97 Å². The van der Waals surface area contributed by atoms with E-state index in [0.717, 1.165) is 0 Å². The lowest BCUT2D eigenvalue weighted by molar-refractivity contribution is 0.0735. The first-order valence-electron chi connectivity index (χ1n) is 3.52. The van der Waals surface area contributed by atoms with Crippen molar-refractivity contribution in [3.05, 3.63) is 23.8 Å². The predicted octanol–water partition coefficient (Wildman–Crippen LogP) is 1.01. The van der Waals surface area contributed by atoms with Crippen molar-refractivity contribution in [3.63, 3.8) is 0 Å². The number of hydrogen-bond donors (Lipinski definition) is 1. The van der Waals surface area contributed by atoms with E-state index in [9.17, 15) is 5.11 Å². The summed E-state index contributed by atoms with van der Waals surface area (Å²) in [6, 6.07) is 1.72. The Morgan fingerprint density at radius 2 is 2.09 bits per heavy atom. The third-order valence-corrected chi connectivity index (χ3v) is 1.40. The highest BCUT2D eigenvalue weighted by molar-refractivity contribution is 5.08. The lowest BCUT2D eigenvalue weighted by Gasteiger charge is -2.15. The van der Waals surface area contributed by atoms with Crippen LogP contribution in [0.15, 0.2) is 12.3 Å². The van der Waals surface area contributed by atoms with E-state index < -0.39 is 5.60 Å². The molecule has 1 aromatic heterocycles. The highest BCUT2D eigenvalue weighted by atomic mass is 16.3. The highest BCUT2D eigenvalue weighted by Gasteiger charge is 2.17. The van der Waals surface area contributed by atoms with Crippen molar-refractivity contribution in [3.8, 4) is 0 Å². The number of aliphatic hydroxyl groups is 1. The van der Waals surface area contributed by atoms with E-state index >= 15 is 0 Å². The second-order valence-electron chi connectivity index (χ2n) is 3.05. The molecule has 0 saturated heterocycles. The van der Waals surface area contributed by atoms with E-state index in [1.165, 1.54) is 0 Å². The molecule has 0 aliphatic heterocycles. The molecular formula is C8H12N2O. The SMILES string of the molecule is Cc1nccc(C(C)(C)O)n1. The van der Waals surface area contributed by atoms with E-state index in [4.69, 9.17) is 0 Å². The monoisotopic (exact) mass is 152 g/mol. The van der Waals surface area contributed by atoms with Crippen LogP contribution in [0, 0.1) is 6.92 Å². The van der Waals surface area contributed by atoms with E-state index in [1.807, 2.05) is 0 Å². The van der Waals surface area contributed by atoms with Crippen molar-refractivity contribution in [2.24, 2.45) is 0 Å². The van der Waals surface area contributed by atoms with Crippen LogP contribution in [-0.4, -0.2) is 15.1 Å². The van der Waals surface area contributed by atoms with Gasteiger partial charge >= 0.3 is 0 Å². The van der Waals surface area contributed by atoms with Crippen LogP contribution in [0.5, 0.6) is 0 Å². The second-order valence-corrected chi connectivity index (χ2v) is 3.05. The molecule has 0 unspecified atom stereocenters. The topological polar surface area (TPSA) is 46.0 Å². The molecule has 1 heterocycles. The van der Waals surface area contributed by atoms with Crippen molar-refractivity contribution in [2.75, 3.05) is 0 Å². The lowest BCUT2D eigenvalue weighted by atomic mass is 10.1. The van der Waals surface area contributed by atoms with Gasteiger partial charge in [0.15, 0.2) is 0 Å². The summed E-state index contributed by atoms with van der Waals surface area (Å²) in [5.74, 6) is 0.685. The Morgan fingerprint density at radius 1 is 1.45 bits per heavy atom. The maximum atomic E-state index is 9.52. The molecule has 0 radical (unpaired) electrons. The molecule has 0 aliphatic rings. The molecule has 0 spiro atoms. The highest BCUT2D eigenvalue weighted by Crippen LogP contribution is 2.15. The third kappa shape index (κ3) is 1.98. The van der Waals surface area contributed by atoms with Gasteiger partial charge in [-0.15, -0.1) is 0 Å². The van der Waals surface area contributed by atoms with Crippen LogP contribution in [-0.2, 0) is 5.60 Å². The first-order chi connectivity index (χ1) is 5.00. The molecule has 0 atom stereocenters. The first kappa shape index (κ1) is 8.14. The van der Waals surface area contributed by atoms with Crippen LogP contribution in [0.4, 0.5) is 0 Å². The molecule has 1 N–H and O–H groups in total. The Hall–Kier alpha value is -0.960. The van der Waals surface area contributed by atoms with Crippen molar-refractivity contribution in [2.45, 2.75) is 26.4 Å². The minimum atomic E-state index is -0.867. The molecule has 0 amide bonds. The number of aryl methyl sites for hydroxylation is 1. The molecule has 0 fully saturated rings. The average molecular weight is 152 g/mol. The van der Waals surface area contributed by atoms with Gasteiger partial charge < -0.3 is 5.11 Å². The minimum absolute atomic E-state index is 0.657. The molecule has 0 aliphatic carbocycles. The normalized spacial score (nSPS) is 11.6. The number of aromatic nitrogens is 2. The predicted molar refractivity (Wildman–Crippen MR) is 42.0 cm³/mol. The van der Waals surface area contributed by atoms with Gasteiger partial charge in [0.2, 0.25) is 0 Å². The zero-order chi connectivity index (χ0) is 8.48. The van der Waals surface area contributed by atoms with Gasteiger partial charge in [-0.05, 0) is 26.8 Å². The Bertz CT molecular complexity index is 253. The van der Waals surface area contributed by atoms with Gasteiger partial charge in [-0.1, -0.05) is 0 Å². The van der Waals surface area contributed by atoms with Gasteiger partial charge in [0.1, 0.15) is 11.4 Å². The molecular weight excluding hydrogens is 140 g/mol. The maximum Gasteiger partial charge on any atom is 0.125 e. The van der Waals surface area contributed by atoms with Gasteiger partial charge in [-0.25, -0.2) is 9.97 Å². The van der Waals surface area contributed by atoms with Crippen LogP contribution >= 0.6 is 0 Å². The number of hydrogen-bond acceptors (Lipinski definition) is 3. The van der Waals surface area contributed by atoms with Crippen LogP contribution in [0.3, 0.4) is 0 Å². The standard InChI is InChI=1S/C8H12N2O/c1-6-9-5-4-7(10-6)8(2,3)11/h4-5,11H,1-3H3. The smallest absolute Gasteiger partial charge is 0.125 e. The summed E-state index contributed by atoms with van der Waals surface area (Å²) in [6.45, 7) is 5.21. The molecule has 0 bridgehead atoms. The summed E-state index contributed by atoms with van der Waals surface area (Å²) in [7, 11) is 0. The summed E-state index contributed by atoms with van der Waals surface area (Å²) in [4.78, 5) is 8.01. The Kier molecular flexibility index (Phi) is 1.91. The number of nitrogens with zero attached hydrogens (tertiary/aromatic N) is 2. The summed E-state index contributed by atoms with van der Waals surface area (Å²) in [5.41, 5.74) is -0.210. The van der Waals surface area contributed by atoms with Gasteiger partial charge in [-0.3, -0.25) is 0 Å². The summed E-state index contributed by atoms with van der Waals surface area (Å²) in [5, 5.41) is 9.52. The van der Waals surface area contributed by atoms with Crippen molar-refractivity contribution >= 4 is 0 Å². The Balaban J connectivity index is 3.06. The van der Waals surface area contributed by atoms with Crippen molar-refractivity contribution < 1.29 is 5.11 Å². The van der Waals surface area contributed by atoms with Gasteiger partial charge in [0.25, 0.3) is 0 Å². The molecule has 3 heteroatoms. The molecule has 60 valence electrons. The molecule has 0 saturated carbocycles. The fourth-order valence-corrected chi connectivity index (χ4v) is 0.797. The number of rotatable bonds is 1. The zero-order valence-electron chi connectivity index (χ0n) is 7.00. The third-order valence-electron chi connectivity index (χ3n) is 1.40. The Labute approximate surface area is 66.1 Å². The average Bonchev–Trinajstić information content (AvgIpc) is 1.86. The van der Waals surface area contributed by atoms with Gasteiger partial charge in [-0.2, -0.15) is 0 Å². The molecule has 0 aromatic carbocycles. The van der Waals surface area contributed by atoms with Gasteiger partial charge in [0, 0.05) is 6.20 Å². The molecule has 11 heavy (non-hydrogen) atoms. The fourth-order valence-electron chi connectivity index (χ4n) is 0.797. The van der Waals surface area contributed by atoms with Gasteiger partial charge in [0.05, 0.1) is 5.69 Å². The second kappa shape index (κ2) is 2.58. The molecule has 3 nitrogen and oxygen atoms in total. The van der Waals surface area contributed by atoms with E-state index in [0.29, 0.717) is 11.5 Å². The summed E-state index contributed by atoms with van der Waals surface area (Å²) >= 11 is 0. The first-order valence-corrected chi connectivity index (χ1v) is 3.52. The summed E-state index contributed by atoms with van der Waals surface area (Å²) < 4.78 is 0. The van der Waals surface area contributed by atoms with Crippen molar-refractivity contribution in [1.82, 2.24) is 9.97 Å². The minimum Gasteiger partial charge on any atom is -0.384 e. The largest absolute Gasteiger partial charge is 0.384 e. The van der Waals surface area contributed by atoms with Crippen molar-refractivity contribution in [1.29, 1.82) is 0 Å². The maximum absolute atomic E-state index is 9.52. The van der Waals surface area contributed by atoms with E-state index in [1.54, 1.807) is 33.0 Å². The van der Waals surface area contributed by atoms with Crippen LogP contribution in [0.25, 0.3) is 0 Å². The summed E-state index contributed by atoms with van der Waals surface area (Å²) in [6.07, 6.45) is 1.65. The zero-order valence-corrected chi connectivity index (χ0v) is 7.00. The van der Waals surface area contributed by atoms with Crippen LogP contribution < -0.4 is 0 Å². The van der Waals surface area contributed by atoms with Crippen LogP contribution in [0.2, 0.25) is 0 Å². The fraction of sp³-hybridized carbons (Fsp3) is 0.500. The molecule has 1 aromatic rings. The Morgan fingerprint density at radius 3 is 2.45 bits per heavy atom.